The highest BCUT2D eigenvalue weighted by Gasteiger charge is 2.21. The number of hydrogen-bond donors (Lipinski definition) is 1. The smallest absolute Gasteiger partial charge is 0.341 e. The van der Waals surface area contributed by atoms with Crippen LogP contribution in [0.2, 0.25) is 0 Å². The summed E-state index contributed by atoms with van der Waals surface area (Å²) in [6.07, 6.45) is 3.52. The van der Waals surface area contributed by atoms with Gasteiger partial charge in [0.15, 0.2) is 0 Å². The van der Waals surface area contributed by atoms with Crippen molar-refractivity contribution >= 4 is 39.6 Å². The first-order chi connectivity index (χ1) is 12.2. The second-order valence-corrected chi connectivity index (χ2v) is 7.80. The molecule has 25 heavy (non-hydrogen) atoms. The van der Waals surface area contributed by atoms with Crippen molar-refractivity contribution in [1.29, 1.82) is 0 Å². The Morgan fingerprint density at radius 1 is 1.28 bits per heavy atom. The highest BCUT2D eigenvalue weighted by molar-refractivity contribution is 7.20. The molecule has 134 valence electrons. The molecule has 1 N–H and O–H groups in total. The number of carbonyl (C=O) groups is 2. The molecule has 2 aromatic heterocycles. The minimum atomic E-state index is -0.395. The SMILES string of the molecule is CCOC(=O)c1cc(-c2ccsc2)sc1NC(=O)CN1CCCCC1. The van der Waals surface area contributed by atoms with Crippen molar-refractivity contribution in [2.45, 2.75) is 26.2 Å². The molecule has 1 saturated heterocycles. The fraction of sp³-hybridized carbons (Fsp3) is 0.444. The van der Waals surface area contributed by atoms with Gasteiger partial charge in [-0.25, -0.2) is 4.79 Å². The summed E-state index contributed by atoms with van der Waals surface area (Å²) in [5.74, 6) is -0.473. The summed E-state index contributed by atoms with van der Waals surface area (Å²) in [5, 5.41) is 7.51. The van der Waals surface area contributed by atoms with Gasteiger partial charge in [0.25, 0.3) is 0 Å². The molecule has 1 fully saturated rings. The normalized spacial score (nSPS) is 15.1. The van der Waals surface area contributed by atoms with E-state index in [9.17, 15) is 9.59 Å². The first-order valence-electron chi connectivity index (χ1n) is 8.53. The van der Waals surface area contributed by atoms with Crippen molar-refractivity contribution in [3.63, 3.8) is 0 Å². The minimum Gasteiger partial charge on any atom is -0.462 e. The van der Waals surface area contributed by atoms with E-state index >= 15 is 0 Å². The molecule has 5 nitrogen and oxygen atoms in total. The predicted octanol–water partition coefficient (Wildman–Crippen LogP) is 4.08. The van der Waals surface area contributed by atoms with Crippen LogP contribution in [0.15, 0.2) is 22.9 Å². The van der Waals surface area contributed by atoms with Crippen molar-refractivity contribution in [2.24, 2.45) is 0 Å². The molecule has 0 radical (unpaired) electrons. The Hall–Kier alpha value is -1.70. The van der Waals surface area contributed by atoms with Gasteiger partial charge < -0.3 is 10.1 Å². The van der Waals surface area contributed by atoms with E-state index in [1.165, 1.54) is 17.8 Å². The molecular formula is C18H22N2O3S2. The van der Waals surface area contributed by atoms with Crippen molar-refractivity contribution in [3.8, 4) is 10.4 Å². The van der Waals surface area contributed by atoms with E-state index in [-0.39, 0.29) is 5.91 Å². The number of ether oxygens (including phenoxy) is 1. The van der Waals surface area contributed by atoms with Crippen LogP contribution in [-0.2, 0) is 9.53 Å². The van der Waals surface area contributed by atoms with E-state index in [0.29, 0.717) is 23.7 Å². The van der Waals surface area contributed by atoms with E-state index in [1.807, 2.05) is 16.8 Å². The van der Waals surface area contributed by atoms with Gasteiger partial charge in [-0.2, -0.15) is 11.3 Å². The molecule has 0 aromatic carbocycles. The fourth-order valence-electron chi connectivity index (χ4n) is 2.88. The number of nitrogens with one attached hydrogen (secondary N) is 1. The van der Waals surface area contributed by atoms with Gasteiger partial charge in [0.1, 0.15) is 5.00 Å². The Morgan fingerprint density at radius 3 is 2.76 bits per heavy atom. The number of esters is 1. The van der Waals surface area contributed by atoms with Crippen LogP contribution in [-0.4, -0.2) is 43.0 Å². The second kappa shape index (κ2) is 8.60. The highest BCUT2D eigenvalue weighted by atomic mass is 32.1. The van der Waals surface area contributed by atoms with Crippen LogP contribution >= 0.6 is 22.7 Å². The Balaban J connectivity index is 1.75. The van der Waals surface area contributed by atoms with E-state index in [0.717, 1.165) is 36.4 Å². The van der Waals surface area contributed by atoms with E-state index in [1.54, 1.807) is 24.3 Å². The number of likely N-dealkylation sites (tertiary alicyclic amines) is 1. The topological polar surface area (TPSA) is 58.6 Å². The lowest BCUT2D eigenvalue weighted by Crippen LogP contribution is -2.36. The number of nitrogens with zero attached hydrogens (tertiary/aromatic N) is 1. The number of piperidine rings is 1. The third-order valence-electron chi connectivity index (χ3n) is 4.10. The maximum absolute atomic E-state index is 12.4. The molecule has 0 atom stereocenters. The van der Waals surface area contributed by atoms with Gasteiger partial charge in [-0.3, -0.25) is 9.69 Å². The van der Waals surface area contributed by atoms with Gasteiger partial charge in [0.05, 0.1) is 18.7 Å². The van der Waals surface area contributed by atoms with Crippen LogP contribution in [0, 0.1) is 0 Å². The van der Waals surface area contributed by atoms with Gasteiger partial charge in [-0.1, -0.05) is 6.42 Å². The lowest BCUT2D eigenvalue weighted by atomic mass is 10.1. The van der Waals surface area contributed by atoms with E-state index < -0.39 is 5.97 Å². The first-order valence-corrected chi connectivity index (χ1v) is 10.3. The standard InChI is InChI=1S/C18H22N2O3S2/c1-2-23-18(22)14-10-15(13-6-9-24-12-13)25-17(14)19-16(21)11-20-7-4-3-5-8-20/h6,9-10,12H,2-5,7-8,11H2,1H3,(H,19,21). The zero-order valence-corrected chi connectivity index (χ0v) is 15.9. The summed E-state index contributed by atoms with van der Waals surface area (Å²) in [7, 11) is 0. The van der Waals surface area contributed by atoms with Gasteiger partial charge in [-0.05, 0) is 55.7 Å². The van der Waals surface area contributed by atoms with Crippen LogP contribution in [0.1, 0.15) is 36.5 Å². The highest BCUT2D eigenvalue weighted by Crippen LogP contribution is 2.36. The number of hydrogen-bond acceptors (Lipinski definition) is 6. The molecule has 1 aliphatic heterocycles. The van der Waals surface area contributed by atoms with Crippen molar-refractivity contribution < 1.29 is 14.3 Å². The molecule has 1 aliphatic rings. The van der Waals surface area contributed by atoms with Gasteiger partial charge in [-0.15, -0.1) is 11.3 Å². The maximum atomic E-state index is 12.4. The maximum Gasteiger partial charge on any atom is 0.341 e. The minimum absolute atomic E-state index is 0.0776. The molecule has 0 saturated carbocycles. The average Bonchev–Trinajstić information content (AvgIpc) is 3.25. The molecule has 1 amide bonds. The molecule has 2 aromatic rings. The van der Waals surface area contributed by atoms with Crippen molar-refractivity contribution in [2.75, 3.05) is 31.6 Å². The molecular weight excluding hydrogens is 356 g/mol. The molecule has 3 heterocycles. The summed E-state index contributed by atoms with van der Waals surface area (Å²) in [6.45, 7) is 4.38. The molecule has 0 aliphatic carbocycles. The average molecular weight is 379 g/mol. The monoisotopic (exact) mass is 378 g/mol. The van der Waals surface area contributed by atoms with Crippen LogP contribution in [0.3, 0.4) is 0 Å². The Bertz CT molecular complexity index is 719. The van der Waals surface area contributed by atoms with Gasteiger partial charge in [0, 0.05) is 10.4 Å². The quantitative estimate of drug-likeness (QED) is 0.770. The summed E-state index contributed by atoms with van der Waals surface area (Å²) >= 11 is 3.02. The lowest BCUT2D eigenvalue weighted by molar-refractivity contribution is -0.117. The number of rotatable bonds is 6. The largest absolute Gasteiger partial charge is 0.462 e. The summed E-state index contributed by atoms with van der Waals surface area (Å²) < 4.78 is 5.14. The number of amides is 1. The van der Waals surface area contributed by atoms with Gasteiger partial charge >= 0.3 is 5.97 Å². The molecule has 3 rings (SSSR count). The number of thiophene rings is 2. The van der Waals surface area contributed by atoms with Crippen LogP contribution in [0.4, 0.5) is 5.00 Å². The van der Waals surface area contributed by atoms with Crippen LogP contribution in [0.5, 0.6) is 0 Å². The third kappa shape index (κ3) is 4.68. The Morgan fingerprint density at radius 2 is 2.08 bits per heavy atom. The van der Waals surface area contributed by atoms with E-state index in [4.69, 9.17) is 4.74 Å². The lowest BCUT2D eigenvalue weighted by Gasteiger charge is -2.25. The van der Waals surface area contributed by atoms with Gasteiger partial charge in [0.2, 0.25) is 5.91 Å². The summed E-state index contributed by atoms with van der Waals surface area (Å²) in [5.41, 5.74) is 1.48. The summed E-state index contributed by atoms with van der Waals surface area (Å²) in [4.78, 5) is 27.8. The predicted molar refractivity (Wildman–Crippen MR) is 103 cm³/mol. The zero-order chi connectivity index (χ0) is 17.6. The summed E-state index contributed by atoms with van der Waals surface area (Å²) in [6, 6.07) is 3.81. The fourth-order valence-corrected chi connectivity index (χ4v) is 4.67. The number of anilines is 1. The Kier molecular flexibility index (Phi) is 6.23. The van der Waals surface area contributed by atoms with Crippen LogP contribution < -0.4 is 5.32 Å². The number of carbonyl (C=O) groups excluding carboxylic acids is 2. The van der Waals surface area contributed by atoms with Crippen LogP contribution in [0.25, 0.3) is 10.4 Å². The van der Waals surface area contributed by atoms with Crippen molar-refractivity contribution in [1.82, 2.24) is 4.90 Å². The molecule has 0 bridgehead atoms. The third-order valence-corrected chi connectivity index (χ3v) is 5.88. The zero-order valence-electron chi connectivity index (χ0n) is 14.2. The molecule has 7 heteroatoms. The van der Waals surface area contributed by atoms with E-state index in [2.05, 4.69) is 10.2 Å². The van der Waals surface area contributed by atoms with Crippen molar-refractivity contribution in [3.05, 3.63) is 28.5 Å². The molecule has 0 spiro atoms. The second-order valence-electron chi connectivity index (χ2n) is 5.97. The first kappa shape index (κ1) is 18.1. The molecule has 0 unspecified atom stereocenters. The Labute approximate surface area is 155 Å².